The van der Waals surface area contributed by atoms with Crippen molar-refractivity contribution in [2.24, 2.45) is 5.10 Å². The number of nitrogens with two attached hydrogens (primary N) is 1. The van der Waals surface area contributed by atoms with Crippen molar-refractivity contribution in [2.75, 3.05) is 5.73 Å². The van der Waals surface area contributed by atoms with E-state index in [1.165, 1.54) is 0 Å². The number of anilines is 1. The van der Waals surface area contributed by atoms with Gasteiger partial charge in [0.05, 0.1) is 6.21 Å². The summed E-state index contributed by atoms with van der Waals surface area (Å²) in [6.45, 7) is 2.02. The number of nitrogen functional groups attached to an aromatic ring is 1. The SMILES string of the molecule is CCc1oc2ccccc2c1/C=N\NC(=O)c1ccc(N)cc1. The molecule has 5 heteroatoms. The highest BCUT2D eigenvalue weighted by Gasteiger charge is 2.10. The van der Waals surface area contributed by atoms with Crippen LogP contribution < -0.4 is 11.2 Å². The topological polar surface area (TPSA) is 80.6 Å². The fourth-order valence-electron chi connectivity index (χ4n) is 2.37. The highest BCUT2D eigenvalue weighted by atomic mass is 16.3. The quantitative estimate of drug-likeness (QED) is 0.440. The van der Waals surface area contributed by atoms with Gasteiger partial charge in [0.2, 0.25) is 0 Å². The predicted octanol–water partition coefficient (Wildman–Crippen LogP) is 3.34. The fourth-order valence-corrected chi connectivity index (χ4v) is 2.37. The number of hydrazone groups is 1. The van der Waals surface area contributed by atoms with E-state index in [1.54, 1.807) is 30.5 Å². The lowest BCUT2D eigenvalue weighted by Crippen LogP contribution is -2.17. The minimum atomic E-state index is -0.285. The van der Waals surface area contributed by atoms with Crippen LogP contribution in [0.4, 0.5) is 5.69 Å². The second kappa shape index (κ2) is 6.36. The van der Waals surface area contributed by atoms with E-state index >= 15 is 0 Å². The number of carbonyl (C=O) groups excluding carboxylic acids is 1. The second-order valence-electron chi connectivity index (χ2n) is 5.11. The Morgan fingerprint density at radius 3 is 2.70 bits per heavy atom. The summed E-state index contributed by atoms with van der Waals surface area (Å²) in [6, 6.07) is 14.4. The molecule has 0 spiro atoms. The Hall–Kier alpha value is -3.08. The number of amides is 1. The zero-order chi connectivity index (χ0) is 16.2. The minimum Gasteiger partial charge on any atom is -0.460 e. The Balaban J connectivity index is 1.80. The van der Waals surface area contributed by atoms with E-state index in [9.17, 15) is 4.79 Å². The average molecular weight is 307 g/mol. The summed E-state index contributed by atoms with van der Waals surface area (Å²) in [5.41, 5.74) is 10.9. The van der Waals surface area contributed by atoms with Gasteiger partial charge >= 0.3 is 0 Å². The molecule has 3 N–H and O–H groups in total. The molecule has 0 saturated heterocycles. The van der Waals surface area contributed by atoms with Crippen LogP contribution in [0.1, 0.15) is 28.6 Å². The summed E-state index contributed by atoms with van der Waals surface area (Å²) in [5.74, 6) is 0.559. The number of nitrogens with one attached hydrogen (secondary N) is 1. The molecule has 1 aromatic heterocycles. The first-order valence-corrected chi connectivity index (χ1v) is 7.38. The molecule has 0 aliphatic rings. The van der Waals surface area contributed by atoms with Crippen molar-refractivity contribution >= 4 is 28.8 Å². The maximum Gasteiger partial charge on any atom is 0.271 e. The first kappa shape index (κ1) is 14.8. The van der Waals surface area contributed by atoms with Crippen LogP contribution in [0.25, 0.3) is 11.0 Å². The van der Waals surface area contributed by atoms with Gasteiger partial charge in [0, 0.05) is 28.6 Å². The average Bonchev–Trinajstić information content (AvgIpc) is 2.93. The number of para-hydroxylation sites is 1. The van der Waals surface area contributed by atoms with E-state index < -0.39 is 0 Å². The van der Waals surface area contributed by atoms with Gasteiger partial charge in [-0.1, -0.05) is 25.1 Å². The largest absolute Gasteiger partial charge is 0.460 e. The van der Waals surface area contributed by atoms with Crippen molar-refractivity contribution in [1.29, 1.82) is 0 Å². The highest BCUT2D eigenvalue weighted by Crippen LogP contribution is 2.24. The number of carbonyl (C=O) groups is 1. The van der Waals surface area contributed by atoms with Gasteiger partial charge < -0.3 is 10.2 Å². The van der Waals surface area contributed by atoms with E-state index in [2.05, 4.69) is 10.5 Å². The van der Waals surface area contributed by atoms with Crippen molar-refractivity contribution in [3.63, 3.8) is 0 Å². The first-order chi connectivity index (χ1) is 11.2. The standard InChI is InChI=1S/C18H17N3O2/c1-2-16-15(14-5-3-4-6-17(14)23-16)11-20-21-18(22)12-7-9-13(19)10-8-12/h3-11H,2,19H2,1H3,(H,21,22)/b20-11-. The Kier molecular flexibility index (Phi) is 4.10. The smallest absolute Gasteiger partial charge is 0.271 e. The number of furan rings is 1. The van der Waals surface area contributed by atoms with E-state index in [0.717, 1.165) is 28.7 Å². The zero-order valence-corrected chi connectivity index (χ0v) is 12.7. The molecule has 0 unspecified atom stereocenters. The molecule has 116 valence electrons. The van der Waals surface area contributed by atoms with Crippen LogP contribution in [-0.2, 0) is 6.42 Å². The predicted molar refractivity (Wildman–Crippen MR) is 91.5 cm³/mol. The third-order valence-corrected chi connectivity index (χ3v) is 3.56. The van der Waals surface area contributed by atoms with Crippen LogP contribution in [0.2, 0.25) is 0 Å². The summed E-state index contributed by atoms with van der Waals surface area (Å²) in [4.78, 5) is 12.0. The molecule has 0 bridgehead atoms. The van der Waals surface area contributed by atoms with E-state index in [0.29, 0.717) is 11.3 Å². The van der Waals surface area contributed by atoms with Crippen LogP contribution in [0, 0.1) is 0 Å². The molecule has 1 amide bonds. The molecule has 0 atom stereocenters. The van der Waals surface area contributed by atoms with Crippen molar-refractivity contribution in [3.8, 4) is 0 Å². The van der Waals surface area contributed by atoms with Gasteiger partial charge in [-0.05, 0) is 30.3 Å². The maximum atomic E-state index is 12.0. The Morgan fingerprint density at radius 2 is 1.96 bits per heavy atom. The molecular formula is C18H17N3O2. The first-order valence-electron chi connectivity index (χ1n) is 7.38. The van der Waals surface area contributed by atoms with Gasteiger partial charge in [-0.3, -0.25) is 4.79 Å². The zero-order valence-electron chi connectivity index (χ0n) is 12.7. The van der Waals surface area contributed by atoms with Crippen molar-refractivity contribution in [2.45, 2.75) is 13.3 Å². The van der Waals surface area contributed by atoms with Gasteiger partial charge in [-0.15, -0.1) is 0 Å². The number of hydrogen-bond acceptors (Lipinski definition) is 4. The van der Waals surface area contributed by atoms with Crippen LogP contribution in [0.15, 0.2) is 58.0 Å². The van der Waals surface area contributed by atoms with Crippen molar-refractivity contribution in [1.82, 2.24) is 5.43 Å². The Morgan fingerprint density at radius 1 is 1.22 bits per heavy atom. The van der Waals surface area contributed by atoms with E-state index in [1.807, 2.05) is 31.2 Å². The number of nitrogens with zero attached hydrogens (tertiary/aromatic N) is 1. The van der Waals surface area contributed by atoms with E-state index in [4.69, 9.17) is 10.2 Å². The normalized spacial score (nSPS) is 11.2. The number of fused-ring (bicyclic) bond motifs is 1. The molecule has 3 rings (SSSR count). The van der Waals surface area contributed by atoms with Crippen LogP contribution in [0.3, 0.4) is 0 Å². The lowest BCUT2D eigenvalue weighted by molar-refractivity contribution is 0.0955. The number of rotatable bonds is 4. The molecule has 0 fully saturated rings. The van der Waals surface area contributed by atoms with Crippen molar-refractivity contribution < 1.29 is 9.21 Å². The van der Waals surface area contributed by atoms with Crippen molar-refractivity contribution in [3.05, 3.63) is 65.4 Å². The molecule has 0 radical (unpaired) electrons. The molecule has 0 aliphatic heterocycles. The fraction of sp³-hybridized carbons (Fsp3) is 0.111. The summed E-state index contributed by atoms with van der Waals surface area (Å²) >= 11 is 0. The van der Waals surface area contributed by atoms with Crippen LogP contribution in [0.5, 0.6) is 0 Å². The number of benzene rings is 2. The molecule has 23 heavy (non-hydrogen) atoms. The summed E-state index contributed by atoms with van der Waals surface area (Å²) in [6.07, 6.45) is 2.38. The van der Waals surface area contributed by atoms with Gasteiger partial charge in [-0.25, -0.2) is 5.43 Å². The van der Waals surface area contributed by atoms with Crippen LogP contribution in [-0.4, -0.2) is 12.1 Å². The second-order valence-corrected chi connectivity index (χ2v) is 5.11. The lowest BCUT2D eigenvalue weighted by Gasteiger charge is -2.00. The summed E-state index contributed by atoms with van der Waals surface area (Å²) in [7, 11) is 0. The van der Waals surface area contributed by atoms with Gasteiger partial charge in [0.1, 0.15) is 11.3 Å². The molecule has 1 heterocycles. The molecule has 3 aromatic rings. The Bertz CT molecular complexity index is 864. The third kappa shape index (κ3) is 3.08. The Labute approximate surface area is 133 Å². The maximum absolute atomic E-state index is 12.0. The number of hydrogen-bond donors (Lipinski definition) is 2. The molecule has 0 aliphatic carbocycles. The van der Waals surface area contributed by atoms with Gasteiger partial charge in [0.15, 0.2) is 0 Å². The third-order valence-electron chi connectivity index (χ3n) is 3.56. The summed E-state index contributed by atoms with van der Waals surface area (Å²) < 4.78 is 5.79. The molecule has 5 nitrogen and oxygen atoms in total. The minimum absolute atomic E-state index is 0.285. The lowest BCUT2D eigenvalue weighted by atomic mass is 10.1. The monoisotopic (exact) mass is 307 g/mol. The number of aryl methyl sites for hydroxylation is 1. The van der Waals surface area contributed by atoms with Gasteiger partial charge in [0.25, 0.3) is 5.91 Å². The van der Waals surface area contributed by atoms with E-state index in [-0.39, 0.29) is 5.91 Å². The molecule has 0 saturated carbocycles. The highest BCUT2D eigenvalue weighted by molar-refractivity contribution is 6.00. The summed E-state index contributed by atoms with van der Waals surface area (Å²) in [5, 5.41) is 5.04. The van der Waals surface area contributed by atoms with Gasteiger partial charge in [-0.2, -0.15) is 5.10 Å². The van der Waals surface area contributed by atoms with Crippen LogP contribution >= 0.6 is 0 Å². The molecular weight excluding hydrogens is 290 g/mol. The molecule has 2 aromatic carbocycles.